The SMILES string of the molecule is COc1ccc(NC(=O)c2ccc3c(c2)ncn3C)cc1S(=O)(=O)Nc1c(C)cccc1C. The summed E-state index contributed by atoms with van der Waals surface area (Å²) in [4.78, 5) is 17.0. The topological polar surface area (TPSA) is 102 Å². The van der Waals surface area contributed by atoms with Crippen LogP contribution in [0.2, 0.25) is 0 Å². The molecule has 0 aliphatic heterocycles. The quantitative estimate of drug-likeness (QED) is 0.444. The molecule has 1 amide bonds. The van der Waals surface area contributed by atoms with Gasteiger partial charge in [-0.1, -0.05) is 18.2 Å². The van der Waals surface area contributed by atoms with E-state index >= 15 is 0 Å². The van der Waals surface area contributed by atoms with Crippen molar-refractivity contribution in [3.63, 3.8) is 0 Å². The van der Waals surface area contributed by atoms with Crippen LogP contribution in [0.15, 0.2) is 65.8 Å². The fourth-order valence-electron chi connectivity index (χ4n) is 3.61. The molecule has 3 aromatic carbocycles. The molecule has 0 saturated heterocycles. The van der Waals surface area contributed by atoms with E-state index in [-0.39, 0.29) is 16.6 Å². The molecule has 0 atom stereocenters. The number of para-hydroxylation sites is 1. The van der Waals surface area contributed by atoms with Gasteiger partial charge in [-0.15, -0.1) is 0 Å². The highest BCUT2D eigenvalue weighted by Crippen LogP contribution is 2.31. The number of aryl methyl sites for hydroxylation is 3. The zero-order valence-corrected chi connectivity index (χ0v) is 19.5. The third-order valence-electron chi connectivity index (χ3n) is 5.42. The second-order valence-corrected chi connectivity index (χ2v) is 9.40. The summed E-state index contributed by atoms with van der Waals surface area (Å²) < 4.78 is 36.3. The Labute approximate surface area is 192 Å². The van der Waals surface area contributed by atoms with Crippen LogP contribution in [-0.2, 0) is 17.1 Å². The number of fused-ring (bicyclic) bond motifs is 1. The molecule has 4 aromatic rings. The molecule has 4 rings (SSSR count). The van der Waals surface area contributed by atoms with E-state index in [4.69, 9.17) is 4.74 Å². The van der Waals surface area contributed by atoms with Crippen molar-refractivity contribution in [2.45, 2.75) is 18.7 Å². The molecule has 8 nitrogen and oxygen atoms in total. The van der Waals surface area contributed by atoms with Gasteiger partial charge in [0, 0.05) is 18.3 Å². The fourth-order valence-corrected chi connectivity index (χ4v) is 5.01. The van der Waals surface area contributed by atoms with E-state index in [0.717, 1.165) is 16.6 Å². The monoisotopic (exact) mass is 464 g/mol. The Morgan fingerprint density at radius 3 is 2.45 bits per heavy atom. The molecule has 1 heterocycles. The molecule has 0 aliphatic rings. The largest absolute Gasteiger partial charge is 0.495 e. The zero-order chi connectivity index (χ0) is 23.8. The van der Waals surface area contributed by atoms with Gasteiger partial charge in [-0.05, 0) is 61.4 Å². The van der Waals surface area contributed by atoms with Crippen molar-refractivity contribution < 1.29 is 17.9 Å². The van der Waals surface area contributed by atoms with Crippen LogP contribution < -0.4 is 14.8 Å². The summed E-state index contributed by atoms with van der Waals surface area (Å²) in [7, 11) is -0.717. The molecule has 9 heteroatoms. The number of sulfonamides is 1. The van der Waals surface area contributed by atoms with Crippen molar-refractivity contribution in [2.24, 2.45) is 7.05 Å². The van der Waals surface area contributed by atoms with E-state index in [1.165, 1.54) is 19.2 Å². The molecule has 170 valence electrons. The first kappa shape index (κ1) is 22.3. The van der Waals surface area contributed by atoms with E-state index in [2.05, 4.69) is 15.0 Å². The number of anilines is 2. The number of imidazole rings is 1. The molecule has 0 bridgehead atoms. The number of rotatable bonds is 6. The van der Waals surface area contributed by atoms with Gasteiger partial charge in [-0.3, -0.25) is 9.52 Å². The second kappa shape index (κ2) is 8.59. The molecule has 0 saturated carbocycles. The van der Waals surface area contributed by atoms with Gasteiger partial charge >= 0.3 is 0 Å². The van der Waals surface area contributed by atoms with Crippen LogP contribution in [0.1, 0.15) is 21.5 Å². The summed E-state index contributed by atoms with van der Waals surface area (Å²) in [6.07, 6.45) is 1.68. The molecule has 1 aromatic heterocycles. The Kier molecular flexibility index (Phi) is 5.82. The Balaban J connectivity index is 1.65. The number of methoxy groups -OCH3 is 1. The predicted octanol–water partition coefficient (Wildman–Crippen LogP) is 4.25. The van der Waals surface area contributed by atoms with E-state index in [1.54, 1.807) is 24.5 Å². The number of benzene rings is 3. The van der Waals surface area contributed by atoms with Gasteiger partial charge in [0.2, 0.25) is 0 Å². The first-order valence-electron chi connectivity index (χ1n) is 10.2. The zero-order valence-electron chi connectivity index (χ0n) is 18.7. The normalized spacial score (nSPS) is 11.4. The molecule has 0 spiro atoms. The molecule has 33 heavy (non-hydrogen) atoms. The minimum atomic E-state index is -3.99. The van der Waals surface area contributed by atoms with Crippen LogP contribution in [-0.4, -0.2) is 31.0 Å². The molecule has 0 unspecified atom stereocenters. The van der Waals surface area contributed by atoms with Crippen molar-refractivity contribution in [3.8, 4) is 5.75 Å². The molecule has 0 radical (unpaired) electrons. The lowest BCUT2D eigenvalue weighted by molar-refractivity contribution is 0.102. The number of carbonyl (C=O) groups excluding carboxylic acids is 1. The van der Waals surface area contributed by atoms with Crippen molar-refractivity contribution in [1.29, 1.82) is 0 Å². The number of aromatic nitrogens is 2. The van der Waals surface area contributed by atoms with Crippen molar-refractivity contribution >= 4 is 38.3 Å². The highest BCUT2D eigenvalue weighted by atomic mass is 32.2. The summed E-state index contributed by atoms with van der Waals surface area (Å²) in [5.41, 5.74) is 4.44. The van der Waals surface area contributed by atoms with Crippen molar-refractivity contribution in [2.75, 3.05) is 17.1 Å². The van der Waals surface area contributed by atoms with Gasteiger partial charge in [0.05, 0.1) is 30.2 Å². The maximum atomic E-state index is 13.2. The minimum absolute atomic E-state index is 0.0781. The highest BCUT2D eigenvalue weighted by Gasteiger charge is 2.22. The summed E-state index contributed by atoms with van der Waals surface area (Å²) in [5, 5.41) is 2.76. The van der Waals surface area contributed by atoms with Gasteiger partial charge in [0.25, 0.3) is 15.9 Å². The standard InChI is InChI=1S/C24H24N4O4S/c1-15-6-5-7-16(2)23(15)27-33(30,31)22-13-18(9-11-21(22)32-4)26-24(29)17-8-10-20-19(12-17)25-14-28(20)3/h5-14,27H,1-4H3,(H,26,29). The lowest BCUT2D eigenvalue weighted by Gasteiger charge is -2.16. The van der Waals surface area contributed by atoms with Crippen LogP contribution in [0.25, 0.3) is 11.0 Å². The van der Waals surface area contributed by atoms with Gasteiger partial charge < -0.3 is 14.6 Å². The number of nitrogens with zero attached hydrogens (tertiary/aromatic N) is 2. The first-order chi connectivity index (χ1) is 15.7. The lowest BCUT2D eigenvalue weighted by Crippen LogP contribution is -2.17. The number of carbonyl (C=O) groups is 1. The van der Waals surface area contributed by atoms with Gasteiger partial charge in [0.1, 0.15) is 10.6 Å². The highest BCUT2D eigenvalue weighted by molar-refractivity contribution is 7.92. The van der Waals surface area contributed by atoms with E-state index < -0.39 is 10.0 Å². The molecular weight excluding hydrogens is 440 g/mol. The van der Waals surface area contributed by atoms with Crippen LogP contribution in [0.5, 0.6) is 5.75 Å². The average Bonchev–Trinajstić information content (AvgIpc) is 3.16. The Hall–Kier alpha value is -3.85. The minimum Gasteiger partial charge on any atom is -0.495 e. The molecule has 2 N–H and O–H groups in total. The molecule has 0 aliphatic carbocycles. The number of hydrogen-bond donors (Lipinski definition) is 2. The predicted molar refractivity (Wildman–Crippen MR) is 128 cm³/mol. The number of ether oxygens (including phenoxy) is 1. The van der Waals surface area contributed by atoms with E-state index in [1.807, 2.05) is 49.7 Å². The Morgan fingerprint density at radius 2 is 1.76 bits per heavy atom. The summed E-state index contributed by atoms with van der Waals surface area (Å²) >= 11 is 0. The maximum absolute atomic E-state index is 13.2. The lowest BCUT2D eigenvalue weighted by atomic mass is 10.1. The Morgan fingerprint density at radius 1 is 1.03 bits per heavy atom. The third kappa shape index (κ3) is 4.40. The van der Waals surface area contributed by atoms with Crippen LogP contribution in [0, 0.1) is 13.8 Å². The third-order valence-corrected chi connectivity index (χ3v) is 6.79. The number of nitrogens with one attached hydrogen (secondary N) is 2. The second-order valence-electron chi connectivity index (χ2n) is 7.75. The maximum Gasteiger partial charge on any atom is 0.265 e. The van der Waals surface area contributed by atoms with E-state index in [9.17, 15) is 13.2 Å². The fraction of sp³-hybridized carbons (Fsp3) is 0.167. The van der Waals surface area contributed by atoms with E-state index in [0.29, 0.717) is 22.5 Å². The van der Waals surface area contributed by atoms with Crippen LogP contribution >= 0.6 is 0 Å². The average molecular weight is 465 g/mol. The van der Waals surface area contributed by atoms with Crippen LogP contribution in [0.3, 0.4) is 0 Å². The van der Waals surface area contributed by atoms with Crippen LogP contribution in [0.4, 0.5) is 11.4 Å². The van der Waals surface area contributed by atoms with Crippen molar-refractivity contribution in [1.82, 2.24) is 9.55 Å². The first-order valence-corrected chi connectivity index (χ1v) is 11.7. The molecule has 0 fully saturated rings. The summed E-state index contributed by atoms with van der Waals surface area (Å²) in [6.45, 7) is 3.66. The summed E-state index contributed by atoms with van der Waals surface area (Å²) in [5.74, 6) is -0.208. The van der Waals surface area contributed by atoms with Gasteiger partial charge in [-0.2, -0.15) is 0 Å². The molecular formula is C24H24N4O4S. The van der Waals surface area contributed by atoms with Gasteiger partial charge in [0.15, 0.2) is 0 Å². The Bertz CT molecular complexity index is 1460. The number of amides is 1. The van der Waals surface area contributed by atoms with Crippen molar-refractivity contribution in [3.05, 3.63) is 77.6 Å². The smallest absolute Gasteiger partial charge is 0.265 e. The van der Waals surface area contributed by atoms with Gasteiger partial charge in [-0.25, -0.2) is 13.4 Å². The number of hydrogen-bond acceptors (Lipinski definition) is 5. The summed E-state index contributed by atoms with van der Waals surface area (Å²) in [6, 6.07) is 15.2.